The maximum atomic E-state index is 13.8. The second-order valence-corrected chi connectivity index (χ2v) is 9.01. The highest BCUT2D eigenvalue weighted by molar-refractivity contribution is 6.42. The number of amides is 1. The summed E-state index contributed by atoms with van der Waals surface area (Å²) in [4.78, 5) is 17.3. The van der Waals surface area contributed by atoms with Gasteiger partial charge in [-0.25, -0.2) is 4.79 Å². The third-order valence-corrected chi connectivity index (χ3v) is 6.66. The molecule has 1 aliphatic heterocycles. The summed E-state index contributed by atoms with van der Waals surface area (Å²) < 4.78 is 46.5. The summed E-state index contributed by atoms with van der Waals surface area (Å²) in [5.74, 6) is 0.249. The minimum Gasteiger partial charge on any atom is -0.449 e. The fourth-order valence-corrected chi connectivity index (χ4v) is 4.60. The Morgan fingerprint density at radius 3 is 2.47 bits per heavy atom. The number of ether oxygens (including phenoxy) is 1. The molecule has 192 valence electrons. The van der Waals surface area contributed by atoms with E-state index in [-0.39, 0.29) is 35.4 Å². The minimum absolute atomic E-state index is 0.126. The fraction of sp³-hybridized carbons (Fsp3) is 0.391. The van der Waals surface area contributed by atoms with Gasteiger partial charge in [0.15, 0.2) is 0 Å². The SMILES string of the molecule is CCOC(=O)N1c2ccc(C(F)(F)F)cc2N([C@@H](c2ccc(Cl)c(Cl)c2)c2nnn(C)n2)CC1CC. The third-order valence-electron chi connectivity index (χ3n) is 5.92. The lowest BCUT2D eigenvalue weighted by Crippen LogP contribution is -2.52. The summed E-state index contributed by atoms with van der Waals surface area (Å²) in [6.07, 6.45) is -4.72. The topological polar surface area (TPSA) is 76.4 Å². The van der Waals surface area contributed by atoms with Crippen molar-refractivity contribution in [2.45, 2.75) is 38.5 Å². The van der Waals surface area contributed by atoms with Crippen LogP contribution in [0, 0.1) is 0 Å². The Balaban J connectivity index is 1.96. The predicted molar refractivity (Wildman–Crippen MR) is 129 cm³/mol. The van der Waals surface area contributed by atoms with Crippen molar-refractivity contribution in [3.63, 3.8) is 0 Å². The molecule has 0 N–H and O–H groups in total. The molecule has 3 aromatic rings. The van der Waals surface area contributed by atoms with Crippen molar-refractivity contribution in [3.05, 3.63) is 63.4 Å². The van der Waals surface area contributed by atoms with Crippen LogP contribution in [0.25, 0.3) is 0 Å². The molecule has 0 saturated carbocycles. The van der Waals surface area contributed by atoms with E-state index in [1.54, 1.807) is 37.1 Å². The molecule has 0 fully saturated rings. The predicted octanol–water partition coefficient (Wildman–Crippen LogP) is 5.89. The molecule has 0 aliphatic carbocycles. The monoisotopic (exact) mass is 542 g/mol. The Morgan fingerprint density at radius 2 is 1.89 bits per heavy atom. The van der Waals surface area contributed by atoms with E-state index in [2.05, 4.69) is 15.4 Å². The van der Waals surface area contributed by atoms with Gasteiger partial charge in [0.25, 0.3) is 0 Å². The van der Waals surface area contributed by atoms with Crippen molar-refractivity contribution in [3.8, 4) is 0 Å². The lowest BCUT2D eigenvalue weighted by Gasteiger charge is -2.45. The molecule has 13 heteroatoms. The first-order chi connectivity index (χ1) is 17.0. The first-order valence-corrected chi connectivity index (χ1v) is 11.9. The third kappa shape index (κ3) is 4.94. The number of rotatable bonds is 5. The van der Waals surface area contributed by atoms with E-state index in [1.165, 1.54) is 15.8 Å². The van der Waals surface area contributed by atoms with Crippen LogP contribution < -0.4 is 9.80 Å². The van der Waals surface area contributed by atoms with Crippen LogP contribution in [0.1, 0.15) is 43.3 Å². The molecule has 2 atom stereocenters. The summed E-state index contributed by atoms with van der Waals surface area (Å²) in [5, 5.41) is 13.0. The van der Waals surface area contributed by atoms with Gasteiger partial charge in [0.2, 0.25) is 5.82 Å². The van der Waals surface area contributed by atoms with Crippen molar-refractivity contribution >= 4 is 40.7 Å². The number of aromatic nitrogens is 4. The van der Waals surface area contributed by atoms with Gasteiger partial charge in [-0.05, 0) is 54.5 Å². The number of hydrogen-bond acceptors (Lipinski definition) is 6. The van der Waals surface area contributed by atoms with E-state index in [1.807, 2.05) is 6.92 Å². The van der Waals surface area contributed by atoms with E-state index in [0.29, 0.717) is 17.0 Å². The van der Waals surface area contributed by atoms with Gasteiger partial charge in [-0.1, -0.05) is 36.2 Å². The van der Waals surface area contributed by atoms with Crippen LogP contribution >= 0.6 is 23.2 Å². The van der Waals surface area contributed by atoms with Crippen LogP contribution in [0.4, 0.5) is 29.3 Å². The maximum absolute atomic E-state index is 13.8. The normalized spacial score (nSPS) is 16.6. The molecule has 4 rings (SSSR count). The van der Waals surface area contributed by atoms with Crippen LogP contribution in [-0.2, 0) is 18.0 Å². The molecule has 1 unspecified atom stereocenters. The molecule has 1 aromatic heterocycles. The highest BCUT2D eigenvalue weighted by Crippen LogP contribution is 2.45. The van der Waals surface area contributed by atoms with Crippen LogP contribution in [0.3, 0.4) is 0 Å². The lowest BCUT2D eigenvalue weighted by molar-refractivity contribution is -0.137. The number of aryl methyl sites for hydroxylation is 1. The van der Waals surface area contributed by atoms with Crippen LogP contribution in [-0.4, -0.2) is 45.5 Å². The van der Waals surface area contributed by atoms with E-state index < -0.39 is 29.9 Å². The van der Waals surface area contributed by atoms with E-state index >= 15 is 0 Å². The zero-order chi connectivity index (χ0) is 26.2. The first kappa shape index (κ1) is 26.0. The van der Waals surface area contributed by atoms with Crippen molar-refractivity contribution in [1.82, 2.24) is 20.2 Å². The molecule has 0 bridgehead atoms. The van der Waals surface area contributed by atoms with Gasteiger partial charge in [0.05, 0.1) is 46.7 Å². The Bertz CT molecular complexity index is 1270. The second-order valence-electron chi connectivity index (χ2n) is 8.20. The van der Waals surface area contributed by atoms with Gasteiger partial charge in [-0.3, -0.25) is 4.90 Å². The minimum atomic E-state index is -4.60. The zero-order valence-corrected chi connectivity index (χ0v) is 21.1. The number of benzene rings is 2. The fourth-order valence-electron chi connectivity index (χ4n) is 4.29. The van der Waals surface area contributed by atoms with Gasteiger partial charge in [0, 0.05) is 6.54 Å². The van der Waals surface area contributed by atoms with Crippen molar-refractivity contribution in [2.24, 2.45) is 7.05 Å². The van der Waals surface area contributed by atoms with Crippen molar-refractivity contribution in [1.29, 1.82) is 0 Å². The van der Waals surface area contributed by atoms with Crippen molar-refractivity contribution in [2.75, 3.05) is 23.0 Å². The number of alkyl halides is 3. The quantitative estimate of drug-likeness (QED) is 0.400. The van der Waals surface area contributed by atoms with Crippen molar-refractivity contribution < 1.29 is 22.7 Å². The number of halogens is 5. The molecular formula is C23H23Cl2F3N6O2. The molecule has 8 nitrogen and oxygen atoms in total. The van der Waals surface area contributed by atoms with Gasteiger partial charge >= 0.3 is 12.3 Å². The largest absolute Gasteiger partial charge is 0.449 e. The summed E-state index contributed by atoms with van der Waals surface area (Å²) >= 11 is 12.4. The van der Waals surface area contributed by atoms with Gasteiger partial charge in [-0.15, -0.1) is 10.2 Å². The molecular weight excluding hydrogens is 520 g/mol. The smallest absolute Gasteiger partial charge is 0.416 e. The number of hydrogen-bond donors (Lipinski definition) is 0. The summed E-state index contributed by atoms with van der Waals surface area (Å²) in [6.45, 7) is 3.86. The van der Waals surface area contributed by atoms with Crippen LogP contribution in [0.5, 0.6) is 0 Å². The Morgan fingerprint density at radius 1 is 1.14 bits per heavy atom. The summed E-state index contributed by atoms with van der Waals surface area (Å²) in [7, 11) is 1.59. The Labute approximate surface area is 215 Å². The van der Waals surface area contributed by atoms with E-state index in [9.17, 15) is 18.0 Å². The number of nitrogens with zero attached hydrogens (tertiary/aromatic N) is 6. The highest BCUT2D eigenvalue weighted by atomic mass is 35.5. The van der Waals surface area contributed by atoms with Gasteiger partial charge in [0.1, 0.15) is 6.04 Å². The Kier molecular flexibility index (Phi) is 7.33. The molecule has 36 heavy (non-hydrogen) atoms. The number of anilines is 2. The molecule has 0 radical (unpaired) electrons. The first-order valence-electron chi connectivity index (χ1n) is 11.2. The van der Waals surface area contributed by atoms with E-state index in [0.717, 1.165) is 12.1 Å². The second kappa shape index (κ2) is 10.1. The van der Waals surface area contributed by atoms with Gasteiger partial charge in [-0.2, -0.15) is 18.0 Å². The number of fused-ring (bicyclic) bond motifs is 1. The standard InChI is InChI=1S/C23H23Cl2F3N6O2/c1-4-15-12-33(20(21-29-31-32(3)30-21)13-6-8-16(24)17(25)10-13)19-11-14(23(26,27)28)7-9-18(19)34(15)22(35)36-5-2/h6-11,15,20H,4-5,12H2,1-3H3/t15?,20-/m0/s1. The number of carbonyl (C=O) groups is 1. The average molecular weight is 543 g/mol. The molecule has 1 amide bonds. The highest BCUT2D eigenvalue weighted by Gasteiger charge is 2.41. The summed E-state index contributed by atoms with van der Waals surface area (Å²) in [6, 6.07) is 7.02. The molecule has 0 spiro atoms. The lowest BCUT2D eigenvalue weighted by atomic mass is 9.97. The molecule has 2 aromatic carbocycles. The molecule has 0 saturated heterocycles. The molecule has 2 heterocycles. The van der Waals surface area contributed by atoms with E-state index in [4.69, 9.17) is 27.9 Å². The Hall–Kier alpha value is -3.05. The number of carbonyl (C=O) groups excluding carboxylic acids is 1. The zero-order valence-electron chi connectivity index (χ0n) is 19.6. The van der Waals surface area contributed by atoms with Crippen LogP contribution in [0.2, 0.25) is 10.0 Å². The maximum Gasteiger partial charge on any atom is 0.416 e. The average Bonchev–Trinajstić information content (AvgIpc) is 3.25. The number of tetrazole rings is 1. The van der Waals surface area contributed by atoms with Crippen LogP contribution in [0.15, 0.2) is 36.4 Å². The van der Waals surface area contributed by atoms with Gasteiger partial charge < -0.3 is 9.64 Å². The molecule has 1 aliphatic rings. The summed E-state index contributed by atoms with van der Waals surface area (Å²) in [5.41, 5.74) is 0.199.